The van der Waals surface area contributed by atoms with E-state index in [0.717, 1.165) is 5.92 Å². The van der Waals surface area contributed by atoms with Gasteiger partial charge < -0.3 is 0 Å². The van der Waals surface area contributed by atoms with Crippen molar-refractivity contribution in [3.05, 3.63) is 11.0 Å². The molecule has 0 saturated carbocycles. The molecule has 0 atom stereocenters. The van der Waals surface area contributed by atoms with Gasteiger partial charge >= 0.3 is 0 Å². The summed E-state index contributed by atoms with van der Waals surface area (Å²) < 4.78 is 0. The Morgan fingerprint density at radius 2 is 1.82 bits per heavy atom. The van der Waals surface area contributed by atoms with Crippen LogP contribution >= 0.6 is 11.8 Å². The molecular formula is C10H20S. The predicted octanol–water partition coefficient (Wildman–Crippen LogP) is 3.94. The second kappa shape index (κ2) is 5.70. The van der Waals surface area contributed by atoms with Crippen molar-refractivity contribution in [2.24, 2.45) is 11.8 Å². The third-order valence-corrected chi connectivity index (χ3v) is 2.22. The number of hydrogen-bond acceptors (Lipinski definition) is 1. The minimum atomic E-state index is 0.691. The van der Waals surface area contributed by atoms with E-state index in [1.165, 1.54) is 11.3 Å². The van der Waals surface area contributed by atoms with E-state index in [2.05, 4.69) is 40.0 Å². The van der Waals surface area contributed by atoms with Gasteiger partial charge in [-0.15, -0.1) is 11.8 Å². The number of allylic oxidation sites excluding steroid dienone is 2. The fraction of sp³-hybridized carbons (Fsp3) is 0.800. The molecule has 0 aliphatic rings. The molecule has 0 aliphatic heterocycles. The highest BCUT2D eigenvalue weighted by Crippen LogP contribution is 2.22. The van der Waals surface area contributed by atoms with Gasteiger partial charge in [-0.2, -0.15) is 0 Å². The van der Waals surface area contributed by atoms with Crippen molar-refractivity contribution in [3.8, 4) is 0 Å². The van der Waals surface area contributed by atoms with Crippen molar-refractivity contribution >= 4 is 11.8 Å². The summed E-state index contributed by atoms with van der Waals surface area (Å²) in [4.78, 5) is 1.54. The molecule has 0 amide bonds. The topological polar surface area (TPSA) is 0 Å². The highest BCUT2D eigenvalue weighted by Gasteiger charge is 2.00. The van der Waals surface area contributed by atoms with Crippen LogP contribution < -0.4 is 0 Å². The molecule has 0 fully saturated rings. The zero-order chi connectivity index (χ0) is 8.85. The van der Waals surface area contributed by atoms with Gasteiger partial charge in [0.25, 0.3) is 0 Å². The molecule has 11 heavy (non-hydrogen) atoms. The Labute approximate surface area is 75.5 Å². The van der Waals surface area contributed by atoms with Gasteiger partial charge in [-0.1, -0.05) is 33.8 Å². The molecule has 0 spiro atoms. The van der Waals surface area contributed by atoms with Crippen molar-refractivity contribution < 1.29 is 0 Å². The van der Waals surface area contributed by atoms with E-state index in [1.807, 2.05) is 11.8 Å². The van der Waals surface area contributed by atoms with Crippen molar-refractivity contribution in [2.45, 2.75) is 34.1 Å². The molecule has 0 aromatic carbocycles. The Hall–Kier alpha value is 0.0900. The number of thioether (sulfide) groups is 1. The summed E-state index contributed by atoms with van der Waals surface area (Å²) in [6.45, 7) is 9.00. The lowest BCUT2D eigenvalue weighted by Gasteiger charge is -2.08. The van der Waals surface area contributed by atoms with Crippen LogP contribution in [0.3, 0.4) is 0 Å². The summed E-state index contributed by atoms with van der Waals surface area (Å²) in [5.41, 5.74) is 0. The summed E-state index contributed by atoms with van der Waals surface area (Å²) in [5, 5.41) is 0. The van der Waals surface area contributed by atoms with E-state index in [1.54, 1.807) is 0 Å². The summed E-state index contributed by atoms with van der Waals surface area (Å²) in [6, 6.07) is 0. The molecule has 0 bridgehead atoms. The van der Waals surface area contributed by atoms with Gasteiger partial charge in [0.2, 0.25) is 0 Å². The third-order valence-electron chi connectivity index (χ3n) is 1.39. The van der Waals surface area contributed by atoms with E-state index < -0.39 is 0 Å². The summed E-state index contributed by atoms with van der Waals surface area (Å²) in [5.74, 6) is 1.48. The Balaban J connectivity index is 3.94. The first-order valence-corrected chi connectivity index (χ1v) is 5.53. The summed E-state index contributed by atoms with van der Waals surface area (Å²) in [7, 11) is 0. The molecule has 0 rings (SSSR count). The minimum absolute atomic E-state index is 0.691. The molecule has 0 saturated heterocycles. The van der Waals surface area contributed by atoms with Crippen molar-refractivity contribution in [1.82, 2.24) is 0 Å². The number of hydrogen-bond donors (Lipinski definition) is 0. The molecule has 0 aliphatic carbocycles. The highest BCUT2D eigenvalue weighted by molar-refractivity contribution is 8.02. The molecule has 0 radical (unpaired) electrons. The van der Waals surface area contributed by atoms with E-state index in [4.69, 9.17) is 0 Å². The van der Waals surface area contributed by atoms with Crippen molar-refractivity contribution in [2.75, 3.05) is 6.26 Å². The highest BCUT2D eigenvalue weighted by atomic mass is 32.2. The van der Waals surface area contributed by atoms with Crippen LogP contribution in [0, 0.1) is 11.8 Å². The van der Waals surface area contributed by atoms with Crippen LogP contribution in [-0.2, 0) is 0 Å². The van der Waals surface area contributed by atoms with Gasteiger partial charge in [-0.25, -0.2) is 0 Å². The van der Waals surface area contributed by atoms with Crippen LogP contribution in [-0.4, -0.2) is 6.26 Å². The average molecular weight is 172 g/mol. The Morgan fingerprint density at radius 1 is 1.27 bits per heavy atom. The standard InChI is InChI=1S/C10H20S/c1-8(2)6-10(11-5)7-9(3)4/h6,8-9H,7H2,1-5H3/b10-6-. The fourth-order valence-electron chi connectivity index (χ4n) is 0.994. The van der Waals surface area contributed by atoms with Gasteiger partial charge in [0.15, 0.2) is 0 Å². The molecule has 66 valence electrons. The second-order valence-electron chi connectivity index (χ2n) is 3.68. The van der Waals surface area contributed by atoms with Crippen LogP contribution in [0.25, 0.3) is 0 Å². The predicted molar refractivity (Wildman–Crippen MR) is 55.9 cm³/mol. The maximum atomic E-state index is 2.37. The van der Waals surface area contributed by atoms with Crippen molar-refractivity contribution in [3.63, 3.8) is 0 Å². The van der Waals surface area contributed by atoms with E-state index in [0.29, 0.717) is 5.92 Å². The smallest absolute Gasteiger partial charge is 0.0140 e. The lowest BCUT2D eigenvalue weighted by atomic mass is 10.1. The van der Waals surface area contributed by atoms with Gasteiger partial charge in [-0.05, 0) is 29.4 Å². The molecule has 0 nitrogen and oxygen atoms in total. The van der Waals surface area contributed by atoms with Gasteiger partial charge in [0, 0.05) is 0 Å². The second-order valence-corrected chi connectivity index (χ2v) is 4.61. The van der Waals surface area contributed by atoms with E-state index in [-0.39, 0.29) is 0 Å². The average Bonchev–Trinajstić information content (AvgIpc) is 1.84. The monoisotopic (exact) mass is 172 g/mol. The first-order chi connectivity index (χ1) is 5.06. The first kappa shape index (κ1) is 11.1. The number of rotatable bonds is 4. The Kier molecular flexibility index (Phi) is 5.75. The summed E-state index contributed by atoms with van der Waals surface area (Å²) >= 11 is 1.89. The van der Waals surface area contributed by atoms with Crippen molar-refractivity contribution in [1.29, 1.82) is 0 Å². The van der Waals surface area contributed by atoms with Gasteiger partial charge in [0.1, 0.15) is 0 Å². The molecule has 1 heteroatoms. The molecule has 0 heterocycles. The maximum absolute atomic E-state index is 2.37. The molecule has 0 aromatic heterocycles. The quantitative estimate of drug-likeness (QED) is 0.619. The largest absolute Gasteiger partial charge is 0.134 e. The van der Waals surface area contributed by atoms with Gasteiger partial charge in [-0.3, -0.25) is 0 Å². The third kappa shape index (κ3) is 6.49. The minimum Gasteiger partial charge on any atom is -0.134 e. The molecule has 0 aromatic rings. The van der Waals surface area contributed by atoms with Gasteiger partial charge in [0.05, 0.1) is 0 Å². The van der Waals surface area contributed by atoms with Crippen LogP contribution in [0.4, 0.5) is 0 Å². The van der Waals surface area contributed by atoms with Crippen LogP contribution in [0.1, 0.15) is 34.1 Å². The first-order valence-electron chi connectivity index (χ1n) is 4.31. The zero-order valence-corrected chi connectivity index (χ0v) is 9.16. The van der Waals surface area contributed by atoms with Crippen LogP contribution in [0.5, 0.6) is 0 Å². The van der Waals surface area contributed by atoms with Crippen LogP contribution in [0.15, 0.2) is 11.0 Å². The van der Waals surface area contributed by atoms with E-state index >= 15 is 0 Å². The summed E-state index contributed by atoms with van der Waals surface area (Å²) in [6.07, 6.45) is 5.76. The Morgan fingerprint density at radius 3 is 2.09 bits per heavy atom. The maximum Gasteiger partial charge on any atom is -0.0140 e. The fourth-order valence-corrected chi connectivity index (χ4v) is 1.90. The SMILES string of the molecule is CS/C(=C\C(C)C)CC(C)C. The molecular weight excluding hydrogens is 152 g/mol. The van der Waals surface area contributed by atoms with E-state index in [9.17, 15) is 0 Å². The normalized spacial score (nSPS) is 13.2. The molecule has 0 unspecified atom stereocenters. The lowest BCUT2D eigenvalue weighted by Crippen LogP contribution is -1.90. The molecule has 0 N–H and O–H groups in total. The zero-order valence-electron chi connectivity index (χ0n) is 8.35. The lowest BCUT2D eigenvalue weighted by molar-refractivity contribution is 0.653. The Bertz CT molecular complexity index is 123. The van der Waals surface area contributed by atoms with Crippen LogP contribution in [0.2, 0.25) is 0 Å².